The van der Waals surface area contributed by atoms with Gasteiger partial charge in [-0.2, -0.15) is 0 Å². The Bertz CT molecular complexity index is 773. The van der Waals surface area contributed by atoms with E-state index in [1.165, 1.54) is 0 Å². The number of nitrogen functional groups attached to an aromatic ring is 2. The molecule has 0 amide bonds. The van der Waals surface area contributed by atoms with Gasteiger partial charge in [-0.1, -0.05) is 19.1 Å². The number of carbonyl (C=O) groups excluding carboxylic acids is 1. The molecule has 1 aliphatic rings. The Kier molecular flexibility index (Phi) is 5.75. The zero-order valence-corrected chi connectivity index (χ0v) is 14.9. The number of nitrogens with one attached hydrogen (secondary N) is 1. The van der Waals surface area contributed by atoms with E-state index in [-0.39, 0.29) is 18.0 Å². The van der Waals surface area contributed by atoms with Crippen LogP contribution in [0, 0.1) is 0 Å². The van der Waals surface area contributed by atoms with Crippen molar-refractivity contribution in [3.8, 4) is 5.75 Å². The number of anilines is 2. The Labute approximate surface area is 153 Å². The van der Waals surface area contributed by atoms with E-state index < -0.39 is 0 Å². The predicted octanol–water partition coefficient (Wildman–Crippen LogP) is 2.23. The van der Waals surface area contributed by atoms with Gasteiger partial charge in [-0.3, -0.25) is 4.79 Å². The standard InChI is InChI=1S/C20H25N3O3/c1-2-18(19-12-23-8-9-25-19)26-15-5-3-4-13(10-15)20(24)14-6-7-16(21)17(22)11-14/h3-7,10-11,18-19,23H,2,8-9,12,21-22H2,1H3. The van der Waals surface area contributed by atoms with E-state index in [1.807, 2.05) is 12.1 Å². The van der Waals surface area contributed by atoms with Crippen molar-refractivity contribution in [2.45, 2.75) is 25.6 Å². The van der Waals surface area contributed by atoms with E-state index in [4.69, 9.17) is 20.9 Å². The van der Waals surface area contributed by atoms with E-state index in [1.54, 1.807) is 30.3 Å². The van der Waals surface area contributed by atoms with Crippen molar-refractivity contribution in [1.29, 1.82) is 0 Å². The number of ketones is 1. The van der Waals surface area contributed by atoms with Crippen molar-refractivity contribution >= 4 is 17.2 Å². The van der Waals surface area contributed by atoms with Gasteiger partial charge >= 0.3 is 0 Å². The van der Waals surface area contributed by atoms with Gasteiger partial charge in [0.25, 0.3) is 0 Å². The van der Waals surface area contributed by atoms with Crippen molar-refractivity contribution < 1.29 is 14.3 Å². The number of rotatable bonds is 6. The largest absolute Gasteiger partial charge is 0.488 e. The second-order valence-electron chi connectivity index (χ2n) is 6.38. The lowest BCUT2D eigenvalue weighted by Gasteiger charge is -2.30. The number of hydrogen-bond donors (Lipinski definition) is 3. The summed E-state index contributed by atoms with van der Waals surface area (Å²) in [7, 11) is 0. The molecule has 2 atom stereocenters. The molecule has 0 spiro atoms. The molecule has 138 valence electrons. The summed E-state index contributed by atoms with van der Waals surface area (Å²) in [5.74, 6) is 0.533. The van der Waals surface area contributed by atoms with Crippen LogP contribution < -0.4 is 21.5 Å². The van der Waals surface area contributed by atoms with Gasteiger partial charge < -0.3 is 26.3 Å². The molecule has 2 aromatic carbocycles. The van der Waals surface area contributed by atoms with Crippen LogP contribution in [0.2, 0.25) is 0 Å². The van der Waals surface area contributed by atoms with E-state index in [2.05, 4.69) is 12.2 Å². The number of carbonyl (C=O) groups is 1. The predicted molar refractivity (Wildman–Crippen MR) is 102 cm³/mol. The summed E-state index contributed by atoms with van der Waals surface area (Å²) in [5, 5.41) is 3.32. The van der Waals surface area contributed by atoms with Crippen molar-refractivity contribution in [3.63, 3.8) is 0 Å². The first-order valence-electron chi connectivity index (χ1n) is 8.87. The second-order valence-corrected chi connectivity index (χ2v) is 6.38. The Morgan fingerprint density at radius 1 is 1.23 bits per heavy atom. The van der Waals surface area contributed by atoms with Gasteiger partial charge in [0.05, 0.1) is 18.0 Å². The van der Waals surface area contributed by atoms with Crippen LogP contribution in [-0.2, 0) is 4.74 Å². The van der Waals surface area contributed by atoms with Crippen LogP contribution in [0.5, 0.6) is 5.75 Å². The quantitative estimate of drug-likeness (QED) is 0.543. The molecule has 0 aliphatic carbocycles. The SMILES string of the molecule is CCC(Oc1cccc(C(=O)c2ccc(N)c(N)c2)c1)C1CNCCO1. The fourth-order valence-electron chi connectivity index (χ4n) is 3.01. The molecule has 5 N–H and O–H groups in total. The molecule has 6 heteroatoms. The highest BCUT2D eigenvalue weighted by molar-refractivity contribution is 6.10. The van der Waals surface area contributed by atoms with Crippen molar-refractivity contribution in [3.05, 3.63) is 53.6 Å². The fraction of sp³-hybridized carbons (Fsp3) is 0.350. The van der Waals surface area contributed by atoms with Crippen LogP contribution in [0.25, 0.3) is 0 Å². The molecule has 0 bridgehead atoms. The first kappa shape index (κ1) is 18.2. The highest BCUT2D eigenvalue weighted by Gasteiger charge is 2.25. The third kappa shape index (κ3) is 4.15. The molecule has 6 nitrogen and oxygen atoms in total. The topological polar surface area (TPSA) is 99.6 Å². The van der Waals surface area contributed by atoms with Crippen LogP contribution in [0.1, 0.15) is 29.3 Å². The van der Waals surface area contributed by atoms with Crippen molar-refractivity contribution in [1.82, 2.24) is 5.32 Å². The molecule has 0 aromatic heterocycles. The lowest BCUT2D eigenvalue weighted by molar-refractivity contribution is -0.0428. The average molecular weight is 355 g/mol. The van der Waals surface area contributed by atoms with Gasteiger partial charge in [0.15, 0.2) is 5.78 Å². The monoisotopic (exact) mass is 355 g/mol. The van der Waals surface area contributed by atoms with Crippen LogP contribution in [0.15, 0.2) is 42.5 Å². The summed E-state index contributed by atoms with van der Waals surface area (Å²) in [4.78, 5) is 12.7. The average Bonchev–Trinajstić information content (AvgIpc) is 2.68. The Morgan fingerprint density at radius 2 is 2.04 bits per heavy atom. The van der Waals surface area contributed by atoms with Crippen molar-refractivity contribution in [2.24, 2.45) is 0 Å². The highest BCUT2D eigenvalue weighted by Crippen LogP contribution is 2.23. The molecule has 2 aromatic rings. The third-order valence-corrected chi connectivity index (χ3v) is 4.51. The number of benzene rings is 2. The smallest absolute Gasteiger partial charge is 0.193 e. The van der Waals surface area contributed by atoms with Crippen LogP contribution in [0.3, 0.4) is 0 Å². The van der Waals surface area contributed by atoms with Gasteiger partial charge in [-0.25, -0.2) is 0 Å². The molecular weight excluding hydrogens is 330 g/mol. The molecule has 26 heavy (non-hydrogen) atoms. The van der Waals surface area contributed by atoms with Gasteiger partial charge in [-0.15, -0.1) is 0 Å². The van der Waals surface area contributed by atoms with Gasteiger partial charge in [0, 0.05) is 24.2 Å². The first-order chi connectivity index (χ1) is 12.6. The molecule has 0 radical (unpaired) electrons. The summed E-state index contributed by atoms with van der Waals surface area (Å²) >= 11 is 0. The van der Waals surface area contributed by atoms with E-state index >= 15 is 0 Å². The summed E-state index contributed by atoms with van der Waals surface area (Å²) in [6.07, 6.45) is 0.754. The van der Waals surface area contributed by atoms with Crippen LogP contribution in [-0.4, -0.2) is 37.7 Å². The highest BCUT2D eigenvalue weighted by atomic mass is 16.5. The normalized spacial score (nSPS) is 18.3. The van der Waals surface area contributed by atoms with E-state index in [0.717, 1.165) is 19.5 Å². The number of hydrogen-bond acceptors (Lipinski definition) is 6. The molecule has 1 aliphatic heterocycles. The molecule has 2 unspecified atom stereocenters. The minimum atomic E-state index is -0.120. The number of nitrogens with two attached hydrogens (primary N) is 2. The summed E-state index contributed by atoms with van der Waals surface area (Å²) in [5.41, 5.74) is 13.4. The molecule has 1 saturated heterocycles. The molecule has 1 heterocycles. The minimum absolute atomic E-state index is 0.00463. The Hall–Kier alpha value is -2.57. The van der Waals surface area contributed by atoms with Crippen molar-refractivity contribution in [2.75, 3.05) is 31.2 Å². The number of morpholine rings is 1. The molecule has 0 saturated carbocycles. The van der Waals surface area contributed by atoms with Gasteiger partial charge in [-0.05, 0) is 36.8 Å². The minimum Gasteiger partial charge on any atom is -0.488 e. The van der Waals surface area contributed by atoms with Crippen LogP contribution in [0.4, 0.5) is 11.4 Å². The number of ether oxygens (including phenoxy) is 2. The fourth-order valence-corrected chi connectivity index (χ4v) is 3.01. The van der Waals surface area contributed by atoms with Crippen LogP contribution >= 0.6 is 0 Å². The Morgan fingerprint density at radius 3 is 2.73 bits per heavy atom. The summed E-state index contributed by atoms with van der Waals surface area (Å²) < 4.78 is 11.9. The summed E-state index contributed by atoms with van der Waals surface area (Å²) in [6, 6.07) is 12.1. The zero-order chi connectivity index (χ0) is 18.5. The van der Waals surface area contributed by atoms with Gasteiger partial charge in [0.2, 0.25) is 0 Å². The maximum absolute atomic E-state index is 12.7. The lowest BCUT2D eigenvalue weighted by Crippen LogP contribution is -2.47. The third-order valence-electron chi connectivity index (χ3n) is 4.51. The molecule has 1 fully saturated rings. The lowest BCUT2D eigenvalue weighted by atomic mass is 10.0. The first-order valence-corrected chi connectivity index (χ1v) is 8.87. The molecule has 3 rings (SSSR count). The van der Waals surface area contributed by atoms with E-state index in [0.29, 0.717) is 34.9 Å². The zero-order valence-electron chi connectivity index (χ0n) is 14.9. The van der Waals surface area contributed by atoms with E-state index in [9.17, 15) is 4.79 Å². The summed E-state index contributed by atoms with van der Waals surface area (Å²) in [6.45, 7) is 4.37. The molecular formula is C20H25N3O3. The Balaban J connectivity index is 1.76. The maximum Gasteiger partial charge on any atom is 0.193 e. The van der Waals surface area contributed by atoms with Gasteiger partial charge in [0.1, 0.15) is 18.0 Å². The maximum atomic E-state index is 12.7. The second kappa shape index (κ2) is 8.21.